The highest BCUT2D eigenvalue weighted by Gasteiger charge is 2.27. The Balaban J connectivity index is 1.75. The Bertz CT molecular complexity index is 610. The first-order valence-electron chi connectivity index (χ1n) is 8.34. The fraction of sp³-hybridized carbons (Fsp3) is 0.588. The predicted octanol–water partition coefficient (Wildman–Crippen LogP) is 2.03. The molecule has 1 atom stereocenters. The molecule has 25 heavy (non-hydrogen) atoms. The minimum absolute atomic E-state index is 0.0269. The molecule has 6 nitrogen and oxygen atoms in total. The van der Waals surface area contributed by atoms with E-state index in [1.165, 1.54) is 13.2 Å². The van der Waals surface area contributed by atoms with Crippen molar-refractivity contribution in [3.05, 3.63) is 18.2 Å². The number of methoxy groups -OCH3 is 1. The molecule has 0 amide bonds. The van der Waals surface area contributed by atoms with Crippen molar-refractivity contribution in [2.45, 2.75) is 25.5 Å². The zero-order valence-corrected chi connectivity index (χ0v) is 14.0. The van der Waals surface area contributed by atoms with Gasteiger partial charge in [-0.15, -0.1) is 0 Å². The maximum atomic E-state index is 12.6. The van der Waals surface area contributed by atoms with Gasteiger partial charge in [0.05, 0.1) is 13.7 Å². The van der Waals surface area contributed by atoms with Gasteiger partial charge < -0.3 is 24.4 Å². The molecule has 1 aliphatic heterocycles. The van der Waals surface area contributed by atoms with Crippen LogP contribution in [-0.4, -0.2) is 52.0 Å². The van der Waals surface area contributed by atoms with Crippen LogP contribution in [0.3, 0.4) is 0 Å². The highest BCUT2D eigenvalue weighted by molar-refractivity contribution is 5.77. The van der Waals surface area contributed by atoms with Crippen LogP contribution in [0.2, 0.25) is 0 Å². The third-order valence-electron chi connectivity index (χ3n) is 4.34. The van der Waals surface area contributed by atoms with Gasteiger partial charge in [-0.25, -0.2) is 0 Å². The minimum atomic E-state index is -2.91. The molecule has 1 aromatic carbocycles. The number of rotatable bonds is 7. The lowest BCUT2D eigenvalue weighted by Crippen LogP contribution is -2.54. The van der Waals surface area contributed by atoms with Crippen LogP contribution in [0.1, 0.15) is 12.8 Å². The average Bonchev–Trinajstić information content (AvgIpc) is 3.44. The summed E-state index contributed by atoms with van der Waals surface area (Å²) in [7, 11) is 1.35. The molecule has 2 fully saturated rings. The lowest BCUT2D eigenvalue weighted by atomic mass is 10.1. The molecule has 138 valence electrons. The third-order valence-corrected chi connectivity index (χ3v) is 4.34. The fourth-order valence-corrected chi connectivity index (χ4v) is 2.78. The number of anilines is 1. The molecule has 1 aliphatic carbocycles. The van der Waals surface area contributed by atoms with Gasteiger partial charge in [-0.1, -0.05) is 0 Å². The number of alkyl halides is 2. The first-order chi connectivity index (χ1) is 12.1. The average molecular weight is 356 g/mol. The summed E-state index contributed by atoms with van der Waals surface area (Å²) in [5, 5.41) is 3.10. The van der Waals surface area contributed by atoms with Crippen LogP contribution in [0.25, 0.3) is 0 Å². The van der Waals surface area contributed by atoms with Gasteiger partial charge >= 0.3 is 12.6 Å². The summed E-state index contributed by atoms with van der Waals surface area (Å²) in [5.74, 6) is 0.496. The molecule has 0 bridgehead atoms. The number of halogens is 2. The Morgan fingerprint density at radius 3 is 2.84 bits per heavy atom. The number of ether oxygens (including phenoxy) is 3. The van der Waals surface area contributed by atoms with E-state index in [1.807, 2.05) is 4.90 Å². The van der Waals surface area contributed by atoms with Crippen molar-refractivity contribution in [3.8, 4) is 11.5 Å². The van der Waals surface area contributed by atoms with Crippen molar-refractivity contribution >= 4 is 11.7 Å². The first kappa shape index (κ1) is 17.7. The smallest absolute Gasteiger partial charge is 0.387 e. The van der Waals surface area contributed by atoms with Crippen molar-refractivity contribution in [1.29, 1.82) is 0 Å². The molecule has 1 heterocycles. The molecule has 0 spiro atoms. The molecule has 1 saturated heterocycles. The zero-order chi connectivity index (χ0) is 17.8. The highest BCUT2D eigenvalue weighted by Crippen LogP contribution is 2.36. The van der Waals surface area contributed by atoms with Crippen LogP contribution in [0.5, 0.6) is 11.5 Å². The summed E-state index contributed by atoms with van der Waals surface area (Å²) in [6, 6.07) is 4.45. The van der Waals surface area contributed by atoms with E-state index in [1.54, 1.807) is 12.1 Å². The van der Waals surface area contributed by atoms with E-state index in [0.29, 0.717) is 37.9 Å². The number of carbonyl (C=O) groups excluding carboxylic acids is 1. The molecule has 0 radical (unpaired) electrons. The molecule has 1 saturated carbocycles. The normalized spacial score (nSPS) is 20.5. The molecular weight excluding hydrogens is 334 g/mol. The van der Waals surface area contributed by atoms with Gasteiger partial charge in [0.1, 0.15) is 6.04 Å². The van der Waals surface area contributed by atoms with Gasteiger partial charge in [0.2, 0.25) is 0 Å². The number of piperazine rings is 1. The largest absolute Gasteiger partial charge is 0.489 e. The number of nitrogens with zero attached hydrogens (tertiary/aromatic N) is 1. The van der Waals surface area contributed by atoms with Crippen molar-refractivity contribution < 1.29 is 27.8 Å². The molecule has 0 aromatic heterocycles. The van der Waals surface area contributed by atoms with Gasteiger partial charge in [-0.3, -0.25) is 4.79 Å². The van der Waals surface area contributed by atoms with Gasteiger partial charge in [-0.05, 0) is 30.9 Å². The third kappa shape index (κ3) is 4.72. The number of hydrogen-bond acceptors (Lipinski definition) is 6. The van der Waals surface area contributed by atoms with Crippen LogP contribution in [-0.2, 0) is 9.53 Å². The van der Waals surface area contributed by atoms with Crippen LogP contribution < -0.4 is 19.7 Å². The van der Waals surface area contributed by atoms with Gasteiger partial charge in [-0.2, -0.15) is 8.78 Å². The number of esters is 1. The van der Waals surface area contributed by atoms with Gasteiger partial charge in [0, 0.05) is 31.4 Å². The Labute approximate surface area is 145 Å². The minimum Gasteiger partial charge on any atom is -0.489 e. The lowest BCUT2D eigenvalue weighted by molar-refractivity contribution is -0.143. The van der Waals surface area contributed by atoms with E-state index in [-0.39, 0.29) is 11.7 Å². The first-order valence-corrected chi connectivity index (χ1v) is 8.34. The maximum absolute atomic E-state index is 12.6. The SMILES string of the molecule is COC(=O)[C@@H]1CN(c2ccc(OC(F)F)c(OCC3CC3)c2)CCN1. The second-order valence-electron chi connectivity index (χ2n) is 6.24. The molecule has 1 N–H and O–H groups in total. The van der Waals surface area contributed by atoms with Gasteiger partial charge in [0.15, 0.2) is 11.5 Å². The highest BCUT2D eigenvalue weighted by atomic mass is 19.3. The van der Waals surface area contributed by atoms with Crippen molar-refractivity contribution in [3.63, 3.8) is 0 Å². The molecule has 0 unspecified atom stereocenters. The van der Waals surface area contributed by atoms with Crippen molar-refractivity contribution in [1.82, 2.24) is 5.32 Å². The zero-order valence-electron chi connectivity index (χ0n) is 14.0. The maximum Gasteiger partial charge on any atom is 0.387 e. The summed E-state index contributed by atoms with van der Waals surface area (Å²) < 4.78 is 40.2. The molecule has 3 rings (SSSR count). The fourth-order valence-electron chi connectivity index (χ4n) is 2.78. The van der Waals surface area contributed by atoms with E-state index in [2.05, 4.69) is 10.1 Å². The van der Waals surface area contributed by atoms with Crippen molar-refractivity contribution in [2.75, 3.05) is 38.3 Å². The van der Waals surface area contributed by atoms with Crippen LogP contribution in [0.4, 0.5) is 14.5 Å². The van der Waals surface area contributed by atoms with E-state index in [4.69, 9.17) is 9.47 Å². The van der Waals surface area contributed by atoms with Gasteiger partial charge in [0.25, 0.3) is 0 Å². The van der Waals surface area contributed by atoms with Crippen LogP contribution in [0, 0.1) is 5.92 Å². The summed E-state index contributed by atoms with van der Waals surface area (Å²) >= 11 is 0. The second-order valence-corrected chi connectivity index (χ2v) is 6.24. The number of nitrogens with one attached hydrogen (secondary N) is 1. The quantitative estimate of drug-likeness (QED) is 0.755. The van der Waals surface area contributed by atoms with Crippen molar-refractivity contribution in [2.24, 2.45) is 5.92 Å². The van der Waals surface area contributed by atoms with E-state index < -0.39 is 12.7 Å². The summed E-state index contributed by atoms with van der Waals surface area (Å²) in [4.78, 5) is 13.7. The Kier molecular flexibility index (Phi) is 5.57. The number of hydrogen-bond donors (Lipinski definition) is 1. The Hall–Kier alpha value is -2.09. The second kappa shape index (κ2) is 7.86. The predicted molar refractivity (Wildman–Crippen MR) is 87.3 cm³/mol. The Morgan fingerprint density at radius 1 is 1.36 bits per heavy atom. The molecule has 2 aliphatic rings. The van der Waals surface area contributed by atoms with Crippen LogP contribution in [0.15, 0.2) is 18.2 Å². The Morgan fingerprint density at radius 2 is 2.16 bits per heavy atom. The molecule has 1 aromatic rings. The summed E-state index contributed by atoms with van der Waals surface area (Å²) in [6.07, 6.45) is 2.20. The summed E-state index contributed by atoms with van der Waals surface area (Å²) in [6.45, 7) is -0.672. The molecule has 8 heteroatoms. The number of benzene rings is 1. The standard InChI is InChI=1S/C17H22F2N2O4/c1-23-16(22)13-9-21(7-6-20-13)12-4-5-14(25-17(18)19)15(8-12)24-10-11-2-3-11/h4-5,8,11,13,17,20H,2-3,6-7,9-10H2,1H3/t13-/m0/s1. The topological polar surface area (TPSA) is 60.0 Å². The lowest BCUT2D eigenvalue weighted by Gasteiger charge is -2.34. The van der Waals surface area contributed by atoms with Crippen LogP contribution >= 0.6 is 0 Å². The van der Waals surface area contributed by atoms with E-state index in [9.17, 15) is 13.6 Å². The number of carbonyl (C=O) groups is 1. The monoisotopic (exact) mass is 356 g/mol. The molecular formula is C17H22F2N2O4. The van der Waals surface area contributed by atoms with E-state index in [0.717, 1.165) is 18.5 Å². The van der Waals surface area contributed by atoms with E-state index >= 15 is 0 Å². The summed E-state index contributed by atoms with van der Waals surface area (Å²) in [5.41, 5.74) is 0.794.